The Labute approximate surface area is 292 Å². The summed E-state index contributed by atoms with van der Waals surface area (Å²) in [4.78, 5) is 13.6. The monoisotopic (exact) mass is 702 g/mol. The van der Waals surface area contributed by atoms with Crippen LogP contribution in [-0.4, -0.2) is 137 Å². The van der Waals surface area contributed by atoms with Gasteiger partial charge in [-0.25, -0.2) is 0 Å². The van der Waals surface area contributed by atoms with Crippen LogP contribution in [0.3, 0.4) is 0 Å². The van der Waals surface area contributed by atoms with Gasteiger partial charge in [-0.15, -0.1) is 0 Å². The molecule has 0 saturated heterocycles. The van der Waals surface area contributed by atoms with Crippen LogP contribution in [0.25, 0.3) is 0 Å². The number of hydrogen-bond acceptors (Lipinski definition) is 8. The SMILES string of the molecule is CN(C)Cc1cc(CN(C)C)c(O[Si](Oc2c(CN(C)C)cc(CN(C)C)cc2CN(C)C)([Si](C)(C)C)[Si](C)(C)C)c(CN(C)C)c1. The lowest BCUT2D eigenvalue weighted by Crippen LogP contribution is -2.79. The van der Waals surface area contributed by atoms with Crippen LogP contribution in [0.4, 0.5) is 0 Å². The Kier molecular flexibility index (Phi) is 15.0. The number of rotatable bonds is 18. The lowest BCUT2D eigenvalue weighted by atomic mass is 10.0. The van der Waals surface area contributed by atoms with Crippen molar-refractivity contribution in [2.24, 2.45) is 0 Å². The Morgan fingerprint density at radius 3 is 0.766 bits per heavy atom. The predicted molar refractivity (Wildman–Crippen MR) is 211 cm³/mol. The van der Waals surface area contributed by atoms with Gasteiger partial charge in [0, 0.05) is 61.5 Å². The van der Waals surface area contributed by atoms with E-state index in [0.29, 0.717) is 0 Å². The molecule has 8 nitrogen and oxygen atoms in total. The second kappa shape index (κ2) is 16.9. The van der Waals surface area contributed by atoms with Crippen LogP contribution in [0, 0.1) is 0 Å². The quantitative estimate of drug-likeness (QED) is 0.181. The zero-order chi connectivity index (χ0) is 36.1. The summed E-state index contributed by atoms with van der Waals surface area (Å²) in [7, 11) is 18.7. The Bertz CT molecular complexity index is 1140. The minimum atomic E-state index is -2.93. The molecule has 0 aliphatic carbocycles. The first-order valence-electron chi connectivity index (χ1n) is 17.0. The van der Waals surface area contributed by atoms with E-state index in [9.17, 15) is 0 Å². The zero-order valence-corrected chi connectivity index (χ0v) is 36.6. The van der Waals surface area contributed by atoms with Gasteiger partial charge in [0.05, 0.1) is 0 Å². The number of benzene rings is 2. The summed E-state index contributed by atoms with van der Waals surface area (Å²) in [6.45, 7) is 20.0. The van der Waals surface area contributed by atoms with E-state index >= 15 is 0 Å². The second-order valence-electron chi connectivity index (χ2n) is 17.2. The average molecular weight is 703 g/mol. The molecule has 0 heterocycles. The summed E-state index contributed by atoms with van der Waals surface area (Å²) in [6, 6.07) is 9.53. The largest absolute Gasteiger partial charge is 0.516 e. The molecule has 0 aliphatic heterocycles. The van der Waals surface area contributed by atoms with Crippen molar-refractivity contribution in [3.63, 3.8) is 0 Å². The highest BCUT2D eigenvalue weighted by Crippen LogP contribution is 2.41. The molecule has 47 heavy (non-hydrogen) atoms. The summed E-state index contributed by atoms with van der Waals surface area (Å²) in [5.74, 6) is 2.11. The molecule has 268 valence electrons. The maximum Gasteiger partial charge on any atom is 0.403 e. The molecule has 2 aromatic rings. The number of hydrogen-bond donors (Lipinski definition) is 0. The van der Waals surface area contributed by atoms with Crippen molar-refractivity contribution in [1.29, 1.82) is 0 Å². The van der Waals surface area contributed by atoms with E-state index in [0.717, 1.165) is 50.8 Å². The van der Waals surface area contributed by atoms with E-state index in [1.54, 1.807) is 0 Å². The molecule has 2 aromatic carbocycles. The first kappa shape index (κ1) is 41.6. The van der Waals surface area contributed by atoms with Crippen molar-refractivity contribution in [3.05, 3.63) is 57.6 Å². The van der Waals surface area contributed by atoms with Gasteiger partial charge in [0.15, 0.2) is 0 Å². The highest BCUT2D eigenvalue weighted by molar-refractivity contribution is 7.64. The van der Waals surface area contributed by atoms with Gasteiger partial charge in [0.1, 0.15) is 26.7 Å². The van der Waals surface area contributed by atoms with Gasteiger partial charge >= 0.3 is 7.60 Å². The molecule has 0 bridgehead atoms. The topological polar surface area (TPSA) is 37.9 Å². The summed E-state index contributed by atoms with van der Waals surface area (Å²) in [6.07, 6.45) is 0. The summed E-state index contributed by atoms with van der Waals surface area (Å²) in [5, 5.41) is 0. The van der Waals surface area contributed by atoms with Crippen LogP contribution in [0.5, 0.6) is 11.5 Å². The third kappa shape index (κ3) is 11.8. The smallest absolute Gasteiger partial charge is 0.403 e. The zero-order valence-electron chi connectivity index (χ0n) is 33.6. The molecule has 0 N–H and O–H groups in total. The highest BCUT2D eigenvalue weighted by Gasteiger charge is 2.64. The van der Waals surface area contributed by atoms with Gasteiger partial charge in [-0.3, -0.25) is 0 Å². The normalized spacial score (nSPS) is 13.3. The van der Waals surface area contributed by atoms with Crippen LogP contribution in [0.2, 0.25) is 39.3 Å². The van der Waals surface area contributed by atoms with E-state index in [1.165, 1.54) is 33.4 Å². The van der Waals surface area contributed by atoms with Crippen LogP contribution in [0.15, 0.2) is 24.3 Å². The summed E-state index contributed by atoms with van der Waals surface area (Å²) < 4.78 is 15.8. The third-order valence-corrected chi connectivity index (χ3v) is 39.5. The fourth-order valence-corrected chi connectivity index (χ4v) is 43.2. The van der Waals surface area contributed by atoms with Crippen molar-refractivity contribution in [2.75, 3.05) is 84.6 Å². The van der Waals surface area contributed by atoms with E-state index < -0.39 is 22.8 Å². The number of nitrogens with zero attached hydrogens (tertiary/aromatic N) is 6. The molecular weight excluding hydrogens is 633 g/mol. The highest BCUT2D eigenvalue weighted by atomic mass is 29.7. The molecule has 0 aromatic heterocycles. The molecule has 0 amide bonds. The van der Waals surface area contributed by atoms with Crippen molar-refractivity contribution < 1.29 is 8.85 Å². The fourth-order valence-electron chi connectivity index (χ4n) is 6.71. The minimum absolute atomic E-state index is 0.815. The third-order valence-electron chi connectivity index (χ3n) is 8.02. The van der Waals surface area contributed by atoms with Crippen molar-refractivity contribution in [2.45, 2.75) is 78.6 Å². The Morgan fingerprint density at radius 2 is 0.596 bits per heavy atom. The van der Waals surface area contributed by atoms with Crippen molar-refractivity contribution >= 4 is 22.8 Å². The lowest BCUT2D eigenvalue weighted by Gasteiger charge is -2.48. The maximum absolute atomic E-state index is 7.91. The average Bonchev–Trinajstić information content (AvgIpc) is 2.83. The standard InChI is InChI=1S/C36H70N6O2Si3/c1-37(2)23-29-19-31(25-39(5)6)35(32(20-29)26-40(7)8)43-47(45(13,14)15,46(16,17)18)44-36-33(27-41(9)10)21-30(24-38(3)4)22-34(36)28-42(11)12/h19-22H,23-28H2,1-18H3. The van der Waals surface area contributed by atoms with Crippen molar-refractivity contribution in [3.8, 4) is 11.5 Å². The minimum Gasteiger partial charge on any atom is -0.516 e. The maximum atomic E-state index is 7.91. The van der Waals surface area contributed by atoms with Crippen LogP contribution in [-0.2, 0) is 39.3 Å². The second-order valence-corrected chi connectivity index (χ2v) is 42.3. The molecule has 0 saturated carbocycles. The molecule has 2 rings (SSSR count). The first-order chi connectivity index (χ1) is 21.5. The van der Waals surface area contributed by atoms with Crippen LogP contribution >= 0.6 is 0 Å². The predicted octanol–water partition coefficient (Wildman–Crippen LogP) is 5.79. The summed E-state index contributed by atoms with van der Waals surface area (Å²) in [5.41, 5.74) is 7.67. The van der Waals surface area contributed by atoms with Crippen LogP contribution < -0.4 is 8.85 Å². The fraction of sp³-hybridized carbons (Fsp3) is 0.667. The molecule has 0 spiro atoms. The molecule has 0 atom stereocenters. The summed E-state index contributed by atoms with van der Waals surface area (Å²) >= 11 is 0. The molecule has 11 heteroatoms. The van der Waals surface area contributed by atoms with Crippen LogP contribution in [0.1, 0.15) is 33.4 Å². The molecular formula is C36H70N6O2Si3. The van der Waals surface area contributed by atoms with Gasteiger partial charge in [0.25, 0.3) is 0 Å². The van der Waals surface area contributed by atoms with Gasteiger partial charge in [-0.1, -0.05) is 39.3 Å². The Morgan fingerprint density at radius 1 is 0.383 bits per heavy atom. The van der Waals surface area contributed by atoms with E-state index in [4.69, 9.17) is 8.85 Å². The van der Waals surface area contributed by atoms with E-state index in [1.807, 2.05) is 0 Å². The van der Waals surface area contributed by atoms with E-state index in [2.05, 4.69) is 178 Å². The van der Waals surface area contributed by atoms with Gasteiger partial charge < -0.3 is 38.3 Å². The van der Waals surface area contributed by atoms with Crippen molar-refractivity contribution in [1.82, 2.24) is 29.4 Å². The van der Waals surface area contributed by atoms with E-state index in [-0.39, 0.29) is 0 Å². The van der Waals surface area contributed by atoms with Gasteiger partial charge in [-0.05, 0) is 120 Å². The van der Waals surface area contributed by atoms with Gasteiger partial charge in [-0.2, -0.15) is 0 Å². The molecule has 0 aliphatic rings. The molecule has 0 radical (unpaired) electrons. The Balaban J connectivity index is 3.04. The Hall–Kier alpha value is -1.55. The van der Waals surface area contributed by atoms with Gasteiger partial charge in [0.2, 0.25) is 0 Å². The molecule has 0 unspecified atom stereocenters. The first-order valence-corrected chi connectivity index (χ1v) is 27.8. The lowest BCUT2D eigenvalue weighted by molar-refractivity contribution is 0.354. The molecule has 0 fully saturated rings.